The molecule has 0 fully saturated rings. The Labute approximate surface area is 154 Å². The molecule has 146 valence electrons. The fourth-order valence-corrected chi connectivity index (χ4v) is 2.03. The van der Waals surface area contributed by atoms with Crippen LogP contribution in [0.1, 0.15) is 41.5 Å². The summed E-state index contributed by atoms with van der Waals surface area (Å²) >= 11 is 0. The molecule has 0 saturated carbocycles. The van der Waals surface area contributed by atoms with Crippen molar-refractivity contribution in [3.63, 3.8) is 0 Å². The summed E-state index contributed by atoms with van der Waals surface area (Å²) in [6.45, 7) is 4.52. The largest absolute Gasteiger partial charge is 0.573 e. The summed E-state index contributed by atoms with van der Waals surface area (Å²) in [5, 5.41) is 10.1. The minimum absolute atomic E-state index is 0.323. The van der Waals surface area contributed by atoms with E-state index >= 15 is 0 Å². The van der Waals surface area contributed by atoms with Crippen molar-refractivity contribution in [2.75, 3.05) is 0 Å². The molecule has 0 aliphatic carbocycles. The van der Waals surface area contributed by atoms with Crippen molar-refractivity contribution in [3.8, 4) is 5.75 Å². The van der Waals surface area contributed by atoms with Crippen molar-refractivity contribution in [3.05, 3.63) is 59.4 Å². The van der Waals surface area contributed by atoms with Crippen LogP contribution < -0.4 is 10.1 Å². The fraction of sp³-hybridized carbons (Fsp3) is 0.278. The third-order valence-corrected chi connectivity index (χ3v) is 3.10. The number of aromatic nitrogens is 1. The van der Waals surface area contributed by atoms with Crippen molar-refractivity contribution in [1.29, 1.82) is 0 Å². The number of rotatable bonds is 4. The Morgan fingerprint density at radius 3 is 2.41 bits per heavy atom. The summed E-state index contributed by atoms with van der Waals surface area (Å²) in [5.74, 6) is -1.49. The van der Waals surface area contributed by atoms with Crippen LogP contribution in [0.3, 0.4) is 0 Å². The highest BCUT2D eigenvalue weighted by Gasteiger charge is 2.31. The fourth-order valence-electron chi connectivity index (χ4n) is 2.03. The molecule has 1 unspecified atom stereocenters. The predicted molar refractivity (Wildman–Crippen MR) is 91.3 cm³/mol. The van der Waals surface area contributed by atoms with Crippen LogP contribution in [0.15, 0.2) is 42.6 Å². The lowest BCUT2D eigenvalue weighted by molar-refractivity contribution is -0.274. The SMILES string of the molecule is CC(=O)O.Cc1cc(C(=O)NC(C)c2cccc(OC(F)(F)F)c2)ccn1. The summed E-state index contributed by atoms with van der Waals surface area (Å²) in [6, 6.07) is 8.23. The number of carboxylic acid groups (broad SMARTS) is 1. The maximum absolute atomic E-state index is 12.2. The number of carbonyl (C=O) groups is 2. The second-order valence-corrected chi connectivity index (χ2v) is 5.52. The van der Waals surface area contributed by atoms with Crippen LogP contribution in [0.4, 0.5) is 13.2 Å². The van der Waals surface area contributed by atoms with Gasteiger partial charge in [-0.1, -0.05) is 12.1 Å². The second kappa shape index (κ2) is 9.56. The van der Waals surface area contributed by atoms with Crippen molar-refractivity contribution in [2.24, 2.45) is 0 Å². The Morgan fingerprint density at radius 1 is 1.22 bits per heavy atom. The van der Waals surface area contributed by atoms with Gasteiger partial charge in [0.05, 0.1) is 6.04 Å². The molecule has 2 N–H and O–H groups in total. The van der Waals surface area contributed by atoms with Crippen molar-refractivity contribution in [2.45, 2.75) is 33.2 Å². The molecule has 2 aromatic rings. The first-order chi connectivity index (χ1) is 12.5. The summed E-state index contributed by atoms with van der Waals surface area (Å²) in [4.78, 5) is 25.1. The minimum Gasteiger partial charge on any atom is -0.481 e. The standard InChI is InChI=1S/C16H15F3N2O2.C2H4O2/c1-10-8-13(6-7-20-10)15(22)21-11(2)12-4-3-5-14(9-12)23-16(17,18)19;1-2(3)4/h3-9,11H,1-2H3,(H,21,22);1H3,(H,3,4). The van der Waals surface area contributed by atoms with Gasteiger partial charge in [0.2, 0.25) is 0 Å². The molecule has 0 radical (unpaired) electrons. The number of nitrogens with zero attached hydrogens (tertiary/aromatic N) is 1. The van der Waals surface area contributed by atoms with Gasteiger partial charge in [0.25, 0.3) is 11.9 Å². The van der Waals surface area contributed by atoms with Gasteiger partial charge in [-0.05, 0) is 43.7 Å². The van der Waals surface area contributed by atoms with Crippen LogP contribution in [-0.4, -0.2) is 28.3 Å². The zero-order chi connectivity index (χ0) is 20.6. The molecule has 1 atom stereocenters. The number of ether oxygens (including phenoxy) is 1. The minimum atomic E-state index is -4.75. The van der Waals surface area contributed by atoms with E-state index in [-0.39, 0.29) is 11.7 Å². The maximum atomic E-state index is 12.2. The first-order valence-corrected chi connectivity index (χ1v) is 7.76. The summed E-state index contributed by atoms with van der Waals surface area (Å²) < 4.78 is 40.6. The van der Waals surface area contributed by atoms with Gasteiger partial charge in [0, 0.05) is 24.4 Å². The highest BCUT2D eigenvalue weighted by atomic mass is 19.4. The van der Waals surface area contributed by atoms with Gasteiger partial charge < -0.3 is 15.2 Å². The van der Waals surface area contributed by atoms with Crippen molar-refractivity contribution < 1.29 is 32.6 Å². The lowest BCUT2D eigenvalue weighted by atomic mass is 10.1. The Morgan fingerprint density at radius 2 is 1.85 bits per heavy atom. The monoisotopic (exact) mass is 384 g/mol. The molecule has 0 saturated heterocycles. The Balaban J connectivity index is 0.000000828. The molecule has 1 amide bonds. The van der Waals surface area contributed by atoms with Crippen LogP contribution in [0.2, 0.25) is 0 Å². The van der Waals surface area contributed by atoms with E-state index in [9.17, 15) is 18.0 Å². The summed E-state index contributed by atoms with van der Waals surface area (Å²) in [5.41, 5.74) is 1.64. The number of alkyl halides is 3. The van der Waals surface area contributed by atoms with Crippen LogP contribution in [0.25, 0.3) is 0 Å². The first kappa shape index (κ1) is 21.9. The van der Waals surface area contributed by atoms with Crippen molar-refractivity contribution in [1.82, 2.24) is 10.3 Å². The smallest absolute Gasteiger partial charge is 0.481 e. The van der Waals surface area contributed by atoms with Gasteiger partial charge >= 0.3 is 6.36 Å². The van der Waals surface area contributed by atoms with Crippen LogP contribution in [0.5, 0.6) is 5.75 Å². The molecule has 9 heteroatoms. The van der Waals surface area contributed by atoms with Gasteiger partial charge in [0.1, 0.15) is 5.75 Å². The quantitative estimate of drug-likeness (QED) is 0.835. The van der Waals surface area contributed by atoms with Crippen LogP contribution in [0, 0.1) is 6.92 Å². The van der Waals surface area contributed by atoms with Crippen LogP contribution >= 0.6 is 0 Å². The number of nitrogens with one attached hydrogen (secondary N) is 1. The molecule has 2 rings (SSSR count). The number of benzene rings is 1. The van der Waals surface area contributed by atoms with Gasteiger partial charge in [-0.3, -0.25) is 14.6 Å². The topological polar surface area (TPSA) is 88.5 Å². The molecule has 0 spiro atoms. The lowest BCUT2D eigenvalue weighted by Crippen LogP contribution is -2.26. The molecule has 1 heterocycles. The lowest BCUT2D eigenvalue weighted by Gasteiger charge is -2.16. The average molecular weight is 384 g/mol. The molecule has 0 aliphatic rings. The van der Waals surface area contributed by atoms with Crippen LogP contribution in [-0.2, 0) is 4.79 Å². The number of pyridine rings is 1. The average Bonchev–Trinajstić information content (AvgIpc) is 2.53. The zero-order valence-electron chi connectivity index (χ0n) is 14.9. The highest BCUT2D eigenvalue weighted by Crippen LogP contribution is 2.25. The Hall–Kier alpha value is -3.10. The number of hydrogen-bond donors (Lipinski definition) is 2. The van der Waals surface area contributed by atoms with E-state index in [1.165, 1.54) is 24.4 Å². The molecule has 1 aromatic heterocycles. The third kappa shape index (κ3) is 8.70. The van der Waals surface area contributed by atoms with E-state index in [2.05, 4.69) is 15.0 Å². The molecule has 27 heavy (non-hydrogen) atoms. The van der Waals surface area contributed by atoms with Gasteiger partial charge in [-0.2, -0.15) is 0 Å². The Kier molecular flexibility index (Phi) is 7.77. The molecule has 6 nitrogen and oxygen atoms in total. The van der Waals surface area contributed by atoms with E-state index in [1.54, 1.807) is 32.0 Å². The van der Waals surface area contributed by atoms with Gasteiger partial charge in [-0.15, -0.1) is 13.2 Å². The number of carboxylic acids is 1. The molecule has 1 aromatic carbocycles. The molecular weight excluding hydrogens is 365 g/mol. The van der Waals surface area contributed by atoms with Gasteiger partial charge in [-0.25, -0.2) is 0 Å². The highest BCUT2D eigenvalue weighted by molar-refractivity contribution is 5.94. The maximum Gasteiger partial charge on any atom is 0.573 e. The van der Waals surface area contributed by atoms with E-state index < -0.39 is 18.4 Å². The first-order valence-electron chi connectivity index (χ1n) is 7.76. The normalized spacial score (nSPS) is 11.6. The number of aryl methyl sites for hydroxylation is 1. The number of halogens is 3. The summed E-state index contributed by atoms with van der Waals surface area (Å²) in [7, 11) is 0. The van der Waals surface area contributed by atoms with E-state index in [0.717, 1.165) is 6.92 Å². The summed E-state index contributed by atoms with van der Waals surface area (Å²) in [6.07, 6.45) is -3.23. The van der Waals surface area contributed by atoms with E-state index in [0.29, 0.717) is 16.8 Å². The number of amides is 1. The van der Waals surface area contributed by atoms with Crippen molar-refractivity contribution >= 4 is 11.9 Å². The Bertz CT molecular complexity index is 790. The second-order valence-electron chi connectivity index (χ2n) is 5.52. The predicted octanol–water partition coefficient (Wildman–Crippen LogP) is 3.87. The number of aliphatic carboxylic acids is 1. The third-order valence-electron chi connectivity index (χ3n) is 3.10. The van der Waals surface area contributed by atoms with E-state index in [1.807, 2.05) is 0 Å². The van der Waals surface area contributed by atoms with Gasteiger partial charge in [0.15, 0.2) is 0 Å². The molecular formula is C18H19F3N2O4. The number of hydrogen-bond acceptors (Lipinski definition) is 4. The van der Waals surface area contributed by atoms with E-state index in [4.69, 9.17) is 9.90 Å². The molecule has 0 aliphatic heterocycles. The number of carbonyl (C=O) groups excluding carboxylic acids is 1. The zero-order valence-corrected chi connectivity index (χ0v) is 14.9. The molecule has 0 bridgehead atoms.